The van der Waals surface area contributed by atoms with E-state index >= 15 is 0 Å². The van der Waals surface area contributed by atoms with Crippen molar-refractivity contribution < 1.29 is 4.39 Å². The first-order chi connectivity index (χ1) is 6.47. The highest BCUT2D eigenvalue weighted by molar-refractivity contribution is 5.22. The molecule has 1 heteroatoms. The van der Waals surface area contributed by atoms with Crippen LogP contribution in [0.4, 0.5) is 4.39 Å². The van der Waals surface area contributed by atoms with Gasteiger partial charge in [-0.25, -0.2) is 4.39 Å². The molecule has 0 heterocycles. The van der Waals surface area contributed by atoms with Crippen molar-refractivity contribution in [2.45, 2.75) is 46.7 Å². The van der Waals surface area contributed by atoms with Gasteiger partial charge in [-0.15, -0.1) is 0 Å². The largest absolute Gasteiger partial charge is 0.244 e. The number of rotatable bonds is 2. The van der Waals surface area contributed by atoms with Crippen LogP contribution in [0.25, 0.3) is 0 Å². The molecule has 0 N–H and O–H groups in total. The fraction of sp³-hybridized carbons (Fsp3) is 0.538. The molecule has 0 aliphatic carbocycles. The van der Waals surface area contributed by atoms with Crippen LogP contribution in [-0.2, 0) is 6.42 Å². The number of halogens is 1. The molecule has 1 aromatic rings. The molecule has 0 aliphatic heterocycles. The Bertz CT molecular complexity index is 241. The molecular formula is C13H21F. The number of hydrogen-bond acceptors (Lipinski definition) is 0. The van der Waals surface area contributed by atoms with E-state index in [1.807, 2.05) is 45.0 Å². The van der Waals surface area contributed by atoms with Gasteiger partial charge in [0.2, 0.25) is 0 Å². The van der Waals surface area contributed by atoms with E-state index < -0.39 is 5.67 Å². The number of alkyl halides is 1. The molecule has 80 valence electrons. The van der Waals surface area contributed by atoms with Crippen LogP contribution in [0, 0.1) is 6.92 Å². The number of benzene rings is 1. The Morgan fingerprint density at radius 3 is 1.86 bits per heavy atom. The van der Waals surface area contributed by atoms with E-state index in [-0.39, 0.29) is 0 Å². The zero-order valence-corrected chi connectivity index (χ0v) is 9.89. The van der Waals surface area contributed by atoms with Crippen LogP contribution in [0.5, 0.6) is 0 Å². The maximum Gasteiger partial charge on any atom is 0.109 e. The second-order valence-electron chi connectivity index (χ2n) is 3.88. The molecule has 0 saturated heterocycles. The van der Waals surface area contributed by atoms with Crippen molar-refractivity contribution in [1.29, 1.82) is 0 Å². The van der Waals surface area contributed by atoms with E-state index in [0.29, 0.717) is 6.42 Å². The van der Waals surface area contributed by atoms with E-state index in [1.54, 1.807) is 13.8 Å². The minimum absolute atomic E-state index is 0.493. The Hall–Kier alpha value is -0.850. The quantitative estimate of drug-likeness (QED) is 0.661. The van der Waals surface area contributed by atoms with Gasteiger partial charge in [0.15, 0.2) is 0 Å². The predicted molar refractivity (Wildman–Crippen MR) is 61.4 cm³/mol. The molecule has 0 atom stereocenters. The first-order valence-electron chi connectivity index (χ1n) is 5.22. The molecule has 0 saturated carbocycles. The Kier molecular flexibility index (Phi) is 5.44. The van der Waals surface area contributed by atoms with Gasteiger partial charge in [-0.1, -0.05) is 43.7 Å². The minimum Gasteiger partial charge on any atom is -0.244 e. The molecule has 1 aromatic carbocycles. The fourth-order valence-electron chi connectivity index (χ4n) is 1.19. The maximum absolute atomic E-state index is 13.2. The third kappa shape index (κ3) is 5.74. The summed E-state index contributed by atoms with van der Waals surface area (Å²) in [5.74, 6) is 0. The van der Waals surface area contributed by atoms with Crippen molar-refractivity contribution in [3.63, 3.8) is 0 Å². The average Bonchev–Trinajstić information content (AvgIpc) is 2.10. The number of hydrogen-bond donors (Lipinski definition) is 0. The second-order valence-corrected chi connectivity index (χ2v) is 3.88. The van der Waals surface area contributed by atoms with E-state index in [2.05, 4.69) is 0 Å². The summed E-state index contributed by atoms with van der Waals surface area (Å²) in [6.45, 7) is 9.24. The first-order valence-corrected chi connectivity index (χ1v) is 5.22. The third-order valence-electron chi connectivity index (χ3n) is 1.75. The van der Waals surface area contributed by atoms with Crippen molar-refractivity contribution in [3.8, 4) is 0 Å². The van der Waals surface area contributed by atoms with Gasteiger partial charge in [0.1, 0.15) is 5.67 Å². The third-order valence-corrected chi connectivity index (χ3v) is 1.75. The van der Waals surface area contributed by atoms with Crippen LogP contribution in [0.3, 0.4) is 0 Å². The van der Waals surface area contributed by atoms with Crippen LogP contribution in [-0.4, -0.2) is 5.67 Å². The molecule has 0 unspecified atom stereocenters. The molecular weight excluding hydrogens is 175 g/mol. The molecule has 0 bridgehead atoms. The van der Waals surface area contributed by atoms with Gasteiger partial charge < -0.3 is 0 Å². The summed E-state index contributed by atoms with van der Waals surface area (Å²) in [6.07, 6.45) is 0.493. The summed E-state index contributed by atoms with van der Waals surface area (Å²) in [5.41, 5.74) is 1.18. The van der Waals surface area contributed by atoms with Crippen molar-refractivity contribution in [2.75, 3.05) is 0 Å². The molecule has 0 spiro atoms. The average molecular weight is 196 g/mol. The lowest BCUT2D eigenvalue weighted by Gasteiger charge is -2.13. The minimum atomic E-state index is -1.10. The van der Waals surface area contributed by atoms with Gasteiger partial charge >= 0.3 is 0 Å². The summed E-state index contributed by atoms with van der Waals surface area (Å²) in [7, 11) is 0. The normalized spacial score (nSPS) is 10.4. The van der Waals surface area contributed by atoms with E-state index in [9.17, 15) is 4.39 Å². The highest BCUT2D eigenvalue weighted by Crippen LogP contribution is 2.16. The summed E-state index contributed by atoms with van der Waals surface area (Å²) in [4.78, 5) is 0. The van der Waals surface area contributed by atoms with Gasteiger partial charge in [0.25, 0.3) is 0 Å². The van der Waals surface area contributed by atoms with Crippen LogP contribution in [0.15, 0.2) is 24.3 Å². The van der Waals surface area contributed by atoms with Crippen LogP contribution in [0.1, 0.15) is 38.8 Å². The molecule has 14 heavy (non-hydrogen) atoms. The standard InChI is InChI=1S/C11H15F.C2H6/c1-9-4-6-10(7-5-9)8-11(2,3)12;1-2/h4-7H,8H2,1-3H3;1-2H3. The summed E-state index contributed by atoms with van der Waals surface area (Å²) in [6, 6.07) is 8.00. The topological polar surface area (TPSA) is 0 Å². The van der Waals surface area contributed by atoms with Crippen molar-refractivity contribution in [2.24, 2.45) is 0 Å². The monoisotopic (exact) mass is 196 g/mol. The first kappa shape index (κ1) is 13.2. The van der Waals surface area contributed by atoms with Gasteiger partial charge in [0, 0.05) is 6.42 Å². The lowest BCUT2D eigenvalue weighted by atomic mass is 10.00. The van der Waals surface area contributed by atoms with Gasteiger partial charge in [0.05, 0.1) is 0 Å². The highest BCUT2D eigenvalue weighted by Gasteiger charge is 2.15. The zero-order chi connectivity index (χ0) is 11.2. The molecule has 0 fully saturated rings. The lowest BCUT2D eigenvalue weighted by molar-refractivity contribution is 0.217. The van der Waals surface area contributed by atoms with E-state index in [1.165, 1.54) is 5.56 Å². The second kappa shape index (κ2) is 5.79. The Morgan fingerprint density at radius 1 is 1.07 bits per heavy atom. The lowest BCUT2D eigenvalue weighted by Crippen LogP contribution is -2.15. The smallest absolute Gasteiger partial charge is 0.109 e. The SMILES string of the molecule is CC.Cc1ccc(CC(C)(C)F)cc1. The van der Waals surface area contributed by atoms with Gasteiger partial charge in [-0.3, -0.25) is 0 Å². The van der Waals surface area contributed by atoms with Crippen LogP contribution in [0.2, 0.25) is 0 Å². The molecule has 0 amide bonds. The van der Waals surface area contributed by atoms with Gasteiger partial charge in [-0.05, 0) is 26.3 Å². The zero-order valence-electron chi connectivity index (χ0n) is 9.89. The van der Waals surface area contributed by atoms with Crippen molar-refractivity contribution in [1.82, 2.24) is 0 Å². The Morgan fingerprint density at radius 2 is 1.50 bits per heavy atom. The van der Waals surface area contributed by atoms with Crippen LogP contribution < -0.4 is 0 Å². The predicted octanol–water partition coefficient (Wildman–Crippen LogP) is 4.31. The van der Waals surface area contributed by atoms with Crippen molar-refractivity contribution in [3.05, 3.63) is 35.4 Å². The Balaban J connectivity index is 0.000000791. The Labute approximate surface area is 87.2 Å². The highest BCUT2D eigenvalue weighted by atomic mass is 19.1. The molecule has 0 aromatic heterocycles. The summed E-state index contributed by atoms with van der Waals surface area (Å²) < 4.78 is 13.2. The fourth-order valence-corrected chi connectivity index (χ4v) is 1.19. The molecule has 1 rings (SSSR count). The van der Waals surface area contributed by atoms with Gasteiger partial charge in [-0.2, -0.15) is 0 Å². The van der Waals surface area contributed by atoms with Crippen LogP contribution >= 0.6 is 0 Å². The summed E-state index contributed by atoms with van der Waals surface area (Å²) >= 11 is 0. The molecule has 0 radical (unpaired) electrons. The van der Waals surface area contributed by atoms with E-state index in [0.717, 1.165) is 5.56 Å². The summed E-state index contributed by atoms with van der Waals surface area (Å²) in [5, 5.41) is 0. The number of aryl methyl sites for hydroxylation is 1. The molecule has 0 nitrogen and oxygen atoms in total. The maximum atomic E-state index is 13.2. The molecule has 0 aliphatic rings. The van der Waals surface area contributed by atoms with E-state index in [4.69, 9.17) is 0 Å². The van der Waals surface area contributed by atoms with Crippen molar-refractivity contribution >= 4 is 0 Å².